The van der Waals surface area contributed by atoms with Crippen molar-refractivity contribution in [3.8, 4) is 0 Å². The zero-order chi connectivity index (χ0) is 18.6. The van der Waals surface area contributed by atoms with Gasteiger partial charge >= 0.3 is 17.5 Å². The Hall–Kier alpha value is -2.94. The van der Waals surface area contributed by atoms with Crippen molar-refractivity contribution < 1.29 is 29.1 Å². The number of aromatic nitrogens is 1. The molecule has 2 N–H and O–H groups in total. The summed E-state index contributed by atoms with van der Waals surface area (Å²) in [5.74, 6) is -1.66. The van der Waals surface area contributed by atoms with Crippen LogP contribution >= 0.6 is 0 Å². The molecule has 1 unspecified atom stereocenters. The summed E-state index contributed by atoms with van der Waals surface area (Å²) in [5.41, 5.74) is -1.02. The number of carbonyl (C=O) groups excluding carboxylic acids is 2. The molecule has 0 saturated heterocycles. The molecule has 0 amide bonds. The van der Waals surface area contributed by atoms with E-state index in [0.29, 0.717) is 16.5 Å². The van der Waals surface area contributed by atoms with Crippen molar-refractivity contribution in [1.82, 2.24) is 4.98 Å². The van der Waals surface area contributed by atoms with Gasteiger partial charge in [-0.15, -0.1) is 0 Å². The monoisotopic (exact) mass is 350 g/mol. The van der Waals surface area contributed by atoms with E-state index in [1.165, 1.54) is 26.3 Å². The largest absolute Gasteiger partial charge is 0.465 e. The fourth-order valence-electron chi connectivity index (χ4n) is 2.54. The predicted octanol–water partition coefficient (Wildman–Crippen LogP) is 1.07. The third-order valence-electron chi connectivity index (χ3n) is 3.94. The van der Waals surface area contributed by atoms with Crippen molar-refractivity contribution in [2.24, 2.45) is 0 Å². The lowest BCUT2D eigenvalue weighted by Crippen LogP contribution is -2.52. The average Bonchev–Trinajstić information content (AvgIpc) is 3.00. The summed E-state index contributed by atoms with van der Waals surface area (Å²) in [4.78, 5) is 37.4. The van der Waals surface area contributed by atoms with E-state index in [0.717, 1.165) is 0 Å². The summed E-state index contributed by atoms with van der Waals surface area (Å²) in [7, 11) is 1.24. The van der Waals surface area contributed by atoms with E-state index < -0.39 is 29.0 Å². The smallest absolute Gasteiger partial charge is 0.387 e. The number of carbonyl (C=O) groups is 2. The molecule has 1 aromatic carbocycles. The topological polar surface area (TPSA) is 132 Å². The summed E-state index contributed by atoms with van der Waals surface area (Å²) in [5, 5.41) is 21.6. The van der Waals surface area contributed by atoms with E-state index >= 15 is 0 Å². The number of hydrogen-bond donors (Lipinski definition) is 2. The van der Waals surface area contributed by atoms with Gasteiger partial charge in [0.05, 0.1) is 25.7 Å². The van der Waals surface area contributed by atoms with Crippen LogP contribution in [-0.2, 0) is 20.7 Å². The maximum Gasteiger partial charge on any atom is 0.387 e. The summed E-state index contributed by atoms with van der Waals surface area (Å²) in [6, 6.07) is 4.69. The average molecular weight is 350 g/mol. The molecule has 0 saturated carbocycles. The number of H-pyrrole nitrogens is 1. The van der Waals surface area contributed by atoms with E-state index in [1.54, 1.807) is 12.1 Å². The Kier molecular flexibility index (Phi) is 5.38. The Labute approximate surface area is 142 Å². The maximum absolute atomic E-state index is 12.1. The zero-order valence-electron chi connectivity index (χ0n) is 13.8. The maximum atomic E-state index is 12.1. The summed E-state index contributed by atoms with van der Waals surface area (Å²) in [6.45, 7) is 0.464. The molecule has 0 fully saturated rings. The highest BCUT2D eigenvalue weighted by atomic mass is 16.6. The molecule has 2 rings (SSSR count). The van der Waals surface area contributed by atoms with Gasteiger partial charge < -0.3 is 19.6 Å². The van der Waals surface area contributed by atoms with Crippen molar-refractivity contribution >= 4 is 22.8 Å². The Balaban J connectivity index is 2.50. The summed E-state index contributed by atoms with van der Waals surface area (Å²) in [6.07, 6.45) is 1.11. The molecule has 9 nitrogen and oxygen atoms in total. The summed E-state index contributed by atoms with van der Waals surface area (Å²) >= 11 is 0. The van der Waals surface area contributed by atoms with Gasteiger partial charge in [-0.25, -0.2) is 9.59 Å². The van der Waals surface area contributed by atoms with Crippen LogP contribution in [0.2, 0.25) is 0 Å². The Morgan fingerprint density at radius 3 is 2.68 bits per heavy atom. The summed E-state index contributed by atoms with van der Waals surface area (Å²) < 4.78 is 9.44. The van der Waals surface area contributed by atoms with Crippen molar-refractivity contribution in [2.75, 3.05) is 20.3 Å². The van der Waals surface area contributed by atoms with E-state index in [1.807, 2.05) is 0 Å². The van der Waals surface area contributed by atoms with Crippen LogP contribution in [0.15, 0.2) is 24.4 Å². The molecule has 1 heterocycles. The third-order valence-corrected chi connectivity index (χ3v) is 3.94. The lowest BCUT2D eigenvalue weighted by molar-refractivity contribution is -0.558. The SMILES string of the molecule is CCOC(=O)C(CO)(Cc1c[nH]c2ccc(C(=O)OC)cc12)[N+](=O)[O-]. The minimum absolute atomic E-state index is 0.0468. The van der Waals surface area contributed by atoms with Crippen molar-refractivity contribution in [1.29, 1.82) is 0 Å². The first-order valence-electron chi connectivity index (χ1n) is 7.50. The van der Waals surface area contributed by atoms with Gasteiger partial charge in [-0.05, 0) is 30.7 Å². The molecule has 0 radical (unpaired) electrons. The van der Waals surface area contributed by atoms with Gasteiger partial charge in [0.15, 0.2) is 0 Å². The molecule has 9 heteroatoms. The number of hydrogen-bond acceptors (Lipinski definition) is 7. The Morgan fingerprint density at radius 1 is 1.40 bits per heavy atom. The number of nitrogens with one attached hydrogen (secondary N) is 1. The number of esters is 2. The number of nitro groups is 1. The molecule has 0 bridgehead atoms. The predicted molar refractivity (Wildman–Crippen MR) is 86.8 cm³/mol. The van der Waals surface area contributed by atoms with Gasteiger partial charge in [-0.1, -0.05) is 0 Å². The van der Waals surface area contributed by atoms with Gasteiger partial charge in [0, 0.05) is 22.0 Å². The highest BCUT2D eigenvalue weighted by molar-refractivity contribution is 5.96. The third kappa shape index (κ3) is 3.31. The second-order valence-electron chi connectivity index (χ2n) is 5.41. The van der Waals surface area contributed by atoms with Gasteiger partial charge in [0.1, 0.15) is 6.61 Å². The quantitative estimate of drug-likeness (QED) is 0.433. The van der Waals surface area contributed by atoms with Crippen LogP contribution in [0.1, 0.15) is 22.8 Å². The fraction of sp³-hybridized carbons (Fsp3) is 0.375. The molecule has 0 spiro atoms. The lowest BCUT2D eigenvalue weighted by Gasteiger charge is -2.20. The molecule has 134 valence electrons. The van der Waals surface area contributed by atoms with Crippen LogP contribution in [0, 0.1) is 10.1 Å². The number of aliphatic hydroxyl groups excluding tert-OH is 1. The molecular formula is C16H18N2O7. The minimum Gasteiger partial charge on any atom is -0.465 e. The molecule has 1 atom stereocenters. The first kappa shape index (κ1) is 18.4. The van der Waals surface area contributed by atoms with Crippen LogP contribution in [0.25, 0.3) is 10.9 Å². The number of methoxy groups -OCH3 is 1. The number of fused-ring (bicyclic) bond motifs is 1. The second-order valence-corrected chi connectivity index (χ2v) is 5.41. The molecule has 0 aliphatic carbocycles. The van der Waals surface area contributed by atoms with Gasteiger partial charge in [-0.3, -0.25) is 10.1 Å². The van der Waals surface area contributed by atoms with Crippen LogP contribution in [-0.4, -0.2) is 52.8 Å². The van der Waals surface area contributed by atoms with Crippen LogP contribution in [0.5, 0.6) is 0 Å². The molecule has 0 aliphatic rings. The Morgan fingerprint density at radius 2 is 2.12 bits per heavy atom. The molecular weight excluding hydrogens is 332 g/mol. The number of aromatic amines is 1. The molecule has 1 aromatic heterocycles. The standard InChI is InChI=1S/C16H18N2O7/c1-3-25-15(21)16(9-19,18(22)23)7-11-8-17-13-5-4-10(6-12(11)13)14(20)24-2/h4-6,8,17,19H,3,7,9H2,1-2H3. The second kappa shape index (κ2) is 7.31. The molecule has 2 aromatic rings. The zero-order valence-corrected chi connectivity index (χ0v) is 13.8. The Bertz CT molecular complexity index is 814. The highest BCUT2D eigenvalue weighted by Gasteiger charge is 2.52. The first-order valence-corrected chi connectivity index (χ1v) is 7.50. The number of benzene rings is 1. The molecule has 0 aliphatic heterocycles. The van der Waals surface area contributed by atoms with Crippen molar-refractivity contribution in [3.05, 3.63) is 45.6 Å². The normalized spacial score (nSPS) is 13.2. The highest BCUT2D eigenvalue weighted by Crippen LogP contribution is 2.26. The minimum atomic E-state index is -2.31. The van der Waals surface area contributed by atoms with Crippen molar-refractivity contribution in [2.45, 2.75) is 18.9 Å². The van der Waals surface area contributed by atoms with Crippen molar-refractivity contribution in [3.63, 3.8) is 0 Å². The van der Waals surface area contributed by atoms with E-state index in [2.05, 4.69) is 9.72 Å². The van der Waals surface area contributed by atoms with E-state index in [-0.39, 0.29) is 18.6 Å². The molecule has 25 heavy (non-hydrogen) atoms. The number of nitrogens with zero attached hydrogens (tertiary/aromatic N) is 1. The van der Waals surface area contributed by atoms with Gasteiger partial charge in [0.2, 0.25) is 0 Å². The van der Waals surface area contributed by atoms with E-state index in [4.69, 9.17) is 4.74 Å². The van der Waals surface area contributed by atoms with E-state index in [9.17, 15) is 24.8 Å². The number of rotatable bonds is 7. The van der Waals surface area contributed by atoms with Gasteiger partial charge in [-0.2, -0.15) is 0 Å². The fourth-order valence-corrected chi connectivity index (χ4v) is 2.54. The first-order chi connectivity index (χ1) is 11.9. The number of ether oxygens (including phenoxy) is 2. The van der Waals surface area contributed by atoms with Crippen LogP contribution in [0.4, 0.5) is 0 Å². The number of aliphatic hydroxyl groups is 1. The van der Waals surface area contributed by atoms with Crippen LogP contribution in [0.3, 0.4) is 0 Å². The van der Waals surface area contributed by atoms with Crippen LogP contribution < -0.4 is 0 Å². The van der Waals surface area contributed by atoms with Gasteiger partial charge in [0.25, 0.3) is 0 Å². The lowest BCUT2D eigenvalue weighted by atomic mass is 9.91.